The minimum Gasteiger partial charge on any atom is -0.506 e. The average molecular weight is 802 g/mol. The molecule has 1 saturated carbocycles. The van der Waals surface area contributed by atoms with Gasteiger partial charge in [0.2, 0.25) is 11.2 Å². The van der Waals surface area contributed by atoms with Crippen LogP contribution < -0.4 is 20.3 Å². The lowest BCUT2D eigenvalue weighted by Crippen LogP contribution is -2.42. The smallest absolute Gasteiger partial charge is 0.349 e. The van der Waals surface area contributed by atoms with Gasteiger partial charge in [-0.1, -0.05) is 29.8 Å². The summed E-state index contributed by atoms with van der Waals surface area (Å²) < 4.78 is 17.6. The number of carbonyl (C=O) groups excluding carboxylic acids is 1. The fraction of sp³-hybridized carbons (Fsp3) is 0.385. The van der Waals surface area contributed by atoms with Crippen LogP contribution in [0.4, 0.5) is 4.70 Å². The summed E-state index contributed by atoms with van der Waals surface area (Å²) in [5, 5.41) is 40.5. The van der Waals surface area contributed by atoms with Crippen LogP contribution in [0, 0.1) is 0 Å². The highest BCUT2D eigenvalue weighted by molar-refractivity contribution is 7.12. The molecule has 1 fully saturated rings. The fourth-order valence-electron chi connectivity index (χ4n) is 6.83. The number of methoxy groups -OCH3 is 1. The molecule has 15 heteroatoms. The SMILES string of the molecule is COc1cc(OCCCN(C)[C@H]2CC[C@H](OC(=O)C(O)(c3cccs3)c3cccs3)CC2)c(Cl)cc1CNC[C@H](O)c1ccc(O)c2[nH]c(=O)ccc12.F. The zero-order valence-electron chi connectivity index (χ0n) is 30.0. The molecule has 1 atom stereocenters. The highest BCUT2D eigenvalue weighted by Crippen LogP contribution is 2.38. The van der Waals surface area contributed by atoms with Crippen molar-refractivity contribution in [1.82, 2.24) is 15.2 Å². The Balaban J connectivity index is 0.00000561. The molecule has 0 unspecified atom stereocenters. The van der Waals surface area contributed by atoms with Crippen molar-refractivity contribution in [1.29, 1.82) is 0 Å². The summed E-state index contributed by atoms with van der Waals surface area (Å²) in [6.07, 6.45) is 2.86. The molecule has 0 amide bonds. The van der Waals surface area contributed by atoms with Crippen molar-refractivity contribution in [2.24, 2.45) is 0 Å². The predicted octanol–water partition coefficient (Wildman–Crippen LogP) is 6.49. The normalized spacial score (nSPS) is 16.6. The molecule has 0 aliphatic heterocycles. The highest BCUT2D eigenvalue weighted by Gasteiger charge is 2.45. The first-order valence-electron chi connectivity index (χ1n) is 17.5. The molecule has 54 heavy (non-hydrogen) atoms. The van der Waals surface area contributed by atoms with E-state index in [4.69, 9.17) is 25.8 Å². The Morgan fingerprint density at radius 3 is 2.41 bits per heavy atom. The van der Waals surface area contributed by atoms with Crippen LogP contribution in [-0.2, 0) is 21.7 Å². The number of aromatic hydroxyl groups is 1. The summed E-state index contributed by atoms with van der Waals surface area (Å²) >= 11 is 9.30. The maximum atomic E-state index is 13.4. The summed E-state index contributed by atoms with van der Waals surface area (Å²) in [5.74, 6) is 0.435. The lowest BCUT2D eigenvalue weighted by molar-refractivity contribution is -0.169. The molecule has 5 aromatic rings. The molecule has 11 nitrogen and oxygen atoms in total. The van der Waals surface area contributed by atoms with Crippen molar-refractivity contribution in [3.8, 4) is 17.2 Å². The Bertz CT molecular complexity index is 2000. The number of nitrogens with one attached hydrogen (secondary N) is 2. The van der Waals surface area contributed by atoms with Crippen molar-refractivity contribution >= 4 is 51.1 Å². The molecule has 5 N–H and O–H groups in total. The number of esters is 1. The van der Waals surface area contributed by atoms with Crippen LogP contribution in [-0.4, -0.2) is 77.2 Å². The molecule has 3 aromatic heterocycles. The molecule has 0 saturated heterocycles. The number of aromatic nitrogens is 1. The number of rotatable bonds is 16. The van der Waals surface area contributed by atoms with Gasteiger partial charge in [-0.15, -0.1) is 22.7 Å². The maximum Gasteiger partial charge on any atom is 0.349 e. The van der Waals surface area contributed by atoms with E-state index >= 15 is 0 Å². The Morgan fingerprint density at radius 2 is 1.76 bits per heavy atom. The van der Waals surface area contributed by atoms with E-state index < -0.39 is 17.7 Å². The van der Waals surface area contributed by atoms with Crippen molar-refractivity contribution in [2.75, 3.05) is 33.9 Å². The average Bonchev–Trinajstić information content (AvgIpc) is 3.91. The number of aliphatic hydroxyl groups is 2. The third-order valence-corrected chi connectivity index (χ3v) is 12.0. The number of phenols is 1. The number of halogens is 2. The Labute approximate surface area is 325 Å². The molecule has 290 valence electrons. The molecule has 1 aliphatic carbocycles. The van der Waals surface area contributed by atoms with Crippen LogP contribution in [0.15, 0.2) is 76.2 Å². The molecule has 6 rings (SSSR count). The number of thiophene rings is 2. The molecule has 3 heterocycles. The van der Waals surface area contributed by atoms with Gasteiger partial charge in [-0.2, -0.15) is 0 Å². The van der Waals surface area contributed by atoms with Gasteiger partial charge in [0, 0.05) is 48.8 Å². The van der Waals surface area contributed by atoms with Crippen LogP contribution >= 0.6 is 34.3 Å². The molecule has 0 bridgehead atoms. The van der Waals surface area contributed by atoms with Crippen LogP contribution in [0.5, 0.6) is 17.2 Å². The fourth-order valence-corrected chi connectivity index (χ4v) is 8.78. The molecule has 2 aromatic carbocycles. The van der Waals surface area contributed by atoms with E-state index in [0.29, 0.717) is 56.4 Å². The van der Waals surface area contributed by atoms with Gasteiger partial charge < -0.3 is 44.7 Å². The number of fused-ring (bicyclic) bond motifs is 1. The van der Waals surface area contributed by atoms with E-state index in [9.17, 15) is 24.9 Å². The number of aliphatic hydroxyl groups excluding tert-OH is 1. The third kappa shape index (κ3) is 9.25. The Morgan fingerprint density at radius 1 is 1.06 bits per heavy atom. The number of hydrogen-bond donors (Lipinski definition) is 5. The second kappa shape index (κ2) is 18.5. The largest absolute Gasteiger partial charge is 0.506 e. The summed E-state index contributed by atoms with van der Waals surface area (Å²) in [6, 6.07) is 17.1. The van der Waals surface area contributed by atoms with Crippen molar-refractivity contribution in [2.45, 2.75) is 62.5 Å². The first-order valence-corrected chi connectivity index (χ1v) is 19.7. The number of phenolic OH excluding ortho intramolecular Hbond substituents is 1. The summed E-state index contributed by atoms with van der Waals surface area (Å²) in [5.41, 5.74) is -0.486. The number of hydrogen-bond acceptors (Lipinski definition) is 12. The number of benzene rings is 2. The minimum atomic E-state index is -1.79. The molecule has 0 radical (unpaired) electrons. The molecular weight excluding hydrogens is 757 g/mol. The third-order valence-electron chi connectivity index (χ3n) is 9.76. The zero-order chi connectivity index (χ0) is 37.5. The van der Waals surface area contributed by atoms with Crippen LogP contribution in [0.25, 0.3) is 10.9 Å². The van der Waals surface area contributed by atoms with E-state index in [-0.39, 0.29) is 34.2 Å². The van der Waals surface area contributed by atoms with Gasteiger partial charge in [0.15, 0.2) is 0 Å². The van der Waals surface area contributed by atoms with Crippen molar-refractivity contribution < 1.29 is 39.0 Å². The first kappa shape index (κ1) is 41.1. The van der Waals surface area contributed by atoms with Gasteiger partial charge in [-0.3, -0.25) is 9.50 Å². The van der Waals surface area contributed by atoms with E-state index in [0.717, 1.165) is 44.2 Å². The second-order valence-electron chi connectivity index (χ2n) is 13.2. The Kier molecular flexibility index (Phi) is 14.1. The monoisotopic (exact) mass is 801 g/mol. The standard InChI is InChI=1S/C39H44ClN3O8S2.FH/c1-43(25-8-10-26(11-9-25)51-38(47)39(48,34-6-3-18-52-34)35-7-4-19-53-35)16-5-17-50-33-21-32(49-2)24(20-29(33)40)22-41-23-31(45)27-12-14-30(44)37-28(27)13-15-36(46)42-37;/h3-4,6-7,12-15,18-21,25-26,31,41,44-45,48H,5,8-11,16-17,22-23H2,1-2H3,(H,42,46);1H/t25-,26-,31-;/m0./s1. The number of nitrogens with zero attached hydrogens (tertiary/aromatic N) is 1. The van der Waals surface area contributed by atoms with Crippen LogP contribution in [0.1, 0.15) is 59.1 Å². The number of ether oxygens (including phenoxy) is 3. The second-order valence-corrected chi connectivity index (χ2v) is 15.5. The quantitative estimate of drug-likeness (QED) is 0.0554. The van der Waals surface area contributed by atoms with Gasteiger partial charge in [0.05, 0.1) is 40.1 Å². The number of pyridine rings is 1. The van der Waals surface area contributed by atoms with E-state index in [2.05, 4.69) is 22.2 Å². The van der Waals surface area contributed by atoms with Crippen LogP contribution in [0.2, 0.25) is 5.02 Å². The van der Waals surface area contributed by atoms with Gasteiger partial charge in [0.25, 0.3) is 0 Å². The predicted molar refractivity (Wildman–Crippen MR) is 210 cm³/mol. The highest BCUT2D eigenvalue weighted by atomic mass is 35.5. The number of H-pyrrole nitrogens is 1. The summed E-state index contributed by atoms with van der Waals surface area (Å²) in [7, 11) is 3.68. The van der Waals surface area contributed by atoms with Gasteiger partial charge in [-0.05, 0) is 85.8 Å². The van der Waals surface area contributed by atoms with Crippen molar-refractivity contribution in [3.63, 3.8) is 0 Å². The van der Waals surface area contributed by atoms with Crippen molar-refractivity contribution in [3.05, 3.63) is 108 Å². The Hall–Kier alpha value is -4.02. The summed E-state index contributed by atoms with van der Waals surface area (Å²) in [4.78, 5) is 31.1. The lowest BCUT2D eigenvalue weighted by atomic mass is 9.91. The molecule has 0 spiro atoms. The topological polar surface area (TPSA) is 154 Å². The van der Waals surface area contributed by atoms with Gasteiger partial charge in [0.1, 0.15) is 23.4 Å². The summed E-state index contributed by atoms with van der Waals surface area (Å²) in [6.45, 7) is 1.84. The van der Waals surface area contributed by atoms with Crippen LogP contribution in [0.3, 0.4) is 0 Å². The first-order chi connectivity index (χ1) is 25.6. The number of carbonyl (C=O) groups is 1. The molecule has 1 aliphatic rings. The van der Waals surface area contributed by atoms with E-state index in [1.165, 1.54) is 34.8 Å². The van der Waals surface area contributed by atoms with Gasteiger partial charge in [-0.25, -0.2) is 4.79 Å². The minimum absolute atomic E-state index is 0. The number of aromatic amines is 1. The molecular formula is C39H45ClFN3O8S2. The lowest BCUT2D eigenvalue weighted by Gasteiger charge is -2.35. The maximum absolute atomic E-state index is 13.4. The zero-order valence-corrected chi connectivity index (χ0v) is 32.3. The van der Waals surface area contributed by atoms with E-state index in [1.807, 2.05) is 22.9 Å². The van der Waals surface area contributed by atoms with E-state index in [1.54, 1.807) is 43.5 Å². The van der Waals surface area contributed by atoms with Gasteiger partial charge >= 0.3 is 5.97 Å².